The van der Waals surface area contributed by atoms with Gasteiger partial charge in [0, 0.05) is 39.6 Å². The second-order valence-corrected chi connectivity index (χ2v) is 7.61. The first kappa shape index (κ1) is 15.0. The van der Waals surface area contributed by atoms with Gasteiger partial charge in [0.15, 0.2) is 0 Å². The van der Waals surface area contributed by atoms with Crippen LogP contribution in [0.15, 0.2) is 0 Å². The van der Waals surface area contributed by atoms with E-state index in [0.29, 0.717) is 11.8 Å². The zero-order valence-electron chi connectivity index (χ0n) is 14.2. The summed E-state index contributed by atoms with van der Waals surface area (Å²) in [7, 11) is 2.00. The highest BCUT2D eigenvalue weighted by molar-refractivity contribution is 5.76. The van der Waals surface area contributed by atoms with Gasteiger partial charge in [0.2, 0.25) is 11.9 Å². The van der Waals surface area contributed by atoms with Crippen molar-refractivity contribution in [2.24, 2.45) is 24.8 Å². The van der Waals surface area contributed by atoms with Gasteiger partial charge in [-0.15, -0.1) is 10.2 Å². The first-order chi connectivity index (χ1) is 11.1. The smallest absolute Gasteiger partial charge is 0.227 e. The number of piperazine rings is 1. The molecular formula is C17H27N5O. The van der Waals surface area contributed by atoms with E-state index in [4.69, 9.17) is 0 Å². The van der Waals surface area contributed by atoms with Gasteiger partial charge in [-0.3, -0.25) is 4.79 Å². The molecule has 6 heteroatoms. The minimum Gasteiger partial charge on any atom is -0.339 e. The van der Waals surface area contributed by atoms with E-state index < -0.39 is 0 Å². The first-order valence-electron chi connectivity index (χ1n) is 9.00. The number of hydrogen-bond donors (Lipinski definition) is 0. The quantitative estimate of drug-likeness (QED) is 0.850. The van der Waals surface area contributed by atoms with Gasteiger partial charge in [0.1, 0.15) is 5.82 Å². The topological polar surface area (TPSA) is 54.3 Å². The number of anilines is 1. The molecule has 3 unspecified atom stereocenters. The maximum atomic E-state index is 12.6. The Morgan fingerprint density at radius 2 is 1.91 bits per heavy atom. The van der Waals surface area contributed by atoms with Gasteiger partial charge in [-0.2, -0.15) is 0 Å². The van der Waals surface area contributed by atoms with Crippen molar-refractivity contribution in [3.05, 3.63) is 5.82 Å². The lowest BCUT2D eigenvalue weighted by molar-refractivity contribution is -0.132. The molecule has 2 heterocycles. The Kier molecular flexibility index (Phi) is 3.77. The molecule has 1 amide bonds. The van der Waals surface area contributed by atoms with Gasteiger partial charge in [0.05, 0.1) is 0 Å². The average molecular weight is 317 g/mol. The van der Waals surface area contributed by atoms with Gasteiger partial charge in [-0.1, -0.05) is 6.42 Å². The van der Waals surface area contributed by atoms with Gasteiger partial charge < -0.3 is 14.4 Å². The Morgan fingerprint density at radius 3 is 2.48 bits per heavy atom. The van der Waals surface area contributed by atoms with Crippen molar-refractivity contribution in [3.8, 4) is 0 Å². The molecule has 126 valence electrons. The zero-order chi connectivity index (χ0) is 16.0. The molecule has 3 aliphatic rings. The Hall–Kier alpha value is -1.59. The van der Waals surface area contributed by atoms with Crippen molar-refractivity contribution in [1.29, 1.82) is 0 Å². The standard InChI is InChI=1S/C17H27N5O/c1-12-18-19-17(20(12)2)22-7-5-21(6-8-22)16(23)11-15-10-13-3-4-14(15)9-13/h13-15H,3-11H2,1-2H3. The van der Waals surface area contributed by atoms with E-state index in [0.717, 1.165) is 56.2 Å². The molecular weight excluding hydrogens is 290 g/mol. The molecule has 0 spiro atoms. The second-order valence-electron chi connectivity index (χ2n) is 7.61. The van der Waals surface area contributed by atoms with Crippen LogP contribution in [0.1, 0.15) is 37.9 Å². The Balaban J connectivity index is 1.31. The van der Waals surface area contributed by atoms with Crippen molar-refractivity contribution < 1.29 is 4.79 Å². The maximum Gasteiger partial charge on any atom is 0.227 e. The van der Waals surface area contributed by atoms with Crippen LogP contribution in [0.25, 0.3) is 0 Å². The van der Waals surface area contributed by atoms with Crippen LogP contribution in [0.3, 0.4) is 0 Å². The first-order valence-corrected chi connectivity index (χ1v) is 9.00. The molecule has 1 saturated heterocycles. The fourth-order valence-corrected chi connectivity index (χ4v) is 4.81. The summed E-state index contributed by atoms with van der Waals surface area (Å²) in [5.41, 5.74) is 0. The molecule has 1 aromatic rings. The monoisotopic (exact) mass is 317 g/mol. The molecule has 0 radical (unpaired) electrons. The predicted octanol–water partition coefficient (Wildman–Crippen LogP) is 1.60. The van der Waals surface area contributed by atoms with Crippen molar-refractivity contribution in [1.82, 2.24) is 19.7 Å². The van der Waals surface area contributed by atoms with E-state index in [1.54, 1.807) is 0 Å². The number of aryl methyl sites for hydroxylation is 1. The van der Waals surface area contributed by atoms with Crippen molar-refractivity contribution in [3.63, 3.8) is 0 Å². The highest BCUT2D eigenvalue weighted by Crippen LogP contribution is 2.49. The number of hydrogen-bond acceptors (Lipinski definition) is 4. The third kappa shape index (κ3) is 2.72. The third-order valence-electron chi connectivity index (χ3n) is 6.31. The lowest BCUT2D eigenvalue weighted by atomic mass is 9.86. The summed E-state index contributed by atoms with van der Waals surface area (Å²) < 4.78 is 2.02. The second kappa shape index (κ2) is 5.80. The highest BCUT2D eigenvalue weighted by atomic mass is 16.2. The summed E-state index contributed by atoms with van der Waals surface area (Å²) in [6.45, 7) is 5.30. The molecule has 6 nitrogen and oxygen atoms in total. The largest absolute Gasteiger partial charge is 0.339 e. The third-order valence-corrected chi connectivity index (χ3v) is 6.31. The van der Waals surface area contributed by atoms with Crippen LogP contribution in [-0.2, 0) is 11.8 Å². The summed E-state index contributed by atoms with van der Waals surface area (Å²) >= 11 is 0. The number of aromatic nitrogens is 3. The molecule has 4 rings (SSSR count). The lowest BCUT2D eigenvalue weighted by Gasteiger charge is -2.36. The van der Waals surface area contributed by atoms with E-state index in [9.17, 15) is 4.79 Å². The van der Waals surface area contributed by atoms with Crippen molar-refractivity contribution >= 4 is 11.9 Å². The Labute approximate surface area is 137 Å². The van der Waals surface area contributed by atoms with Crippen molar-refractivity contribution in [2.75, 3.05) is 31.1 Å². The van der Waals surface area contributed by atoms with E-state index in [1.165, 1.54) is 25.7 Å². The fraction of sp³-hybridized carbons (Fsp3) is 0.824. The molecule has 2 aliphatic carbocycles. The van der Waals surface area contributed by atoms with Crippen LogP contribution in [-0.4, -0.2) is 51.8 Å². The van der Waals surface area contributed by atoms with Crippen LogP contribution in [0.4, 0.5) is 5.95 Å². The van der Waals surface area contributed by atoms with Crippen LogP contribution in [0.5, 0.6) is 0 Å². The molecule has 1 aliphatic heterocycles. The predicted molar refractivity (Wildman–Crippen MR) is 88.1 cm³/mol. The minimum absolute atomic E-state index is 0.372. The SMILES string of the molecule is Cc1nnc(N2CCN(C(=O)CC3CC4CCC3C4)CC2)n1C. The van der Waals surface area contributed by atoms with Crippen LogP contribution >= 0.6 is 0 Å². The molecule has 3 fully saturated rings. The van der Waals surface area contributed by atoms with Gasteiger partial charge >= 0.3 is 0 Å². The van der Waals surface area contributed by atoms with E-state index in [2.05, 4.69) is 20.0 Å². The summed E-state index contributed by atoms with van der Waals surface area (Å²) in [6, 6.07) is 0. The number of nitrogens with zero attached hydrogens (tertiary/aromatic N) is 5. The minimum atomic E-state index is 0.372. The van der Waals surface area contributed by atoms with E-state index in [-0.39, 0.29) is 0 Å². The lowest BCUT2D eigenvalue weighted by Crippen LogP contribution is -2.49. The number of carbonyl (C=O) groups excluding carboxylic acids is 1. The molecule has 2 saturated carbocycles. The normalized spacial score (nSPS) is 30.3. The molecule has 0 aromatic carbocycles. The molecule has 23 heavy (non-hydrogen) atoms. The summed E-state index contributed by atoms with van der Waals surface area (Å²) in [6.07, 6.45) is 6.24. The van der Waals surface area contributed by atoms with Crippen molar-refractivity contribution in [2.45, 2.75) is 39.0 Å². The number of amides is 1. The number of rotatable bonds is 3. The maximum absolute atomic E-state index is 12.6. The van der Waals surface area contributed by atoms with E-state index >= 15 is 0 Å². The zero-order valence-corrected chi connectivity index (χ0v) is 14.2. The Morgan fingerprint density at radius 1 is 1.13 bits per heavy atom. The average Bonchev–Trinajstić information content (AvgIpc) is 3.25. The van der Waals surface area contributed by atoms with Crippen LogP contribution < -0.4 is 4.90 Å². The molecule has 1 aromatic heterocycles. The van der Waals surface area contributed by atoms with Gasteiger partial charge in [-0.05, 0) is 43.9 Å². The summed E-state index contributed by atoms with van der Waals surface area (Å²) in [4.78, 5) is 16.9. The van der Waals surface area contributed by atoms with Gasteiger partial charge in [0.25, 0.3) is 0 Å². The molecule has 3 atom stereocenters. The van der Waals surface area contributed by atoms with Gasteiger partial charge in [-0.25, -0.2) is 0 Å². The molecule has 0 N–H and O–H groups in total. The van der Waals surface area contributed by atoms with Crippen LogP contribution in [0, 0.1) is 24.7 Å². The highest BCUT2D eigenvalue weighted by Gasteiger charge is 2.40. The Bertz CT molecular complexity index is 590. The summed E-state index contributed by atoms with van der Waals surface area (Å²) in [5, 5.41) is 8.38. The fourth-order valence-electron chi connectivity index (χ4n) is 4.81. The summed E-state index contributed by atoms with van der Waals surface area (Å²) in [5.74, 6) is 4.65. The van der Waals surface area contributed by atoms with E-state index in [1.807, 2.05) is 18.5 Å². The number of carbonyl (C=O) groups is 1. The number of fused-ring (bicyclic) bond motifs is 2. The molecule has 2 bridgehead atoms. The van der Waals surface area contributed by atoms with Crippen LogP contribution in [0.2, 0.25) is 0 Å².